The van der Waals surface area contributed by atoms with Gasteiger partial charge < -0.3 is 75.0 Å². The van der Waals surface area contributed by atoms with E-state index in [1.807, 2.05) is 47.9 Å². The average molecular weight is 837 g/mol. The maximum absolute atomic E-state index is 14.2. The number of aliphatic hydroxyl groups is 4. The summed E-state index contributed by atoms with van der Waals surface area (Å²) in [6.07, 6.45) is -5.74. The van der Waals surface area contributed by atoms with Gasteiger partial charge in [0.1, 0.15) is 41.3 Å². The molecule has 0 aliphatic carbocycles. The molecule has 4 rings (SSSR count). The lowest BCUT2D eigenvalue weighted by Crippen LogP contribution is -3.00. The number of aliphatic hydroxyl groups excluding tert-OH is 3. The number of cyclic esters (lactones) is 1. The number of nitrogens with zero attached hydrogens (tertiary/aromatic N) is 1. The molecule has 3 fully saturated rings. The van der Waals surface area contributed by atoms with Gasteiger partial charge in [-0.2, -0.15) is 0 Å². The molecule has 4 heterocycles. The van der Waals surface area contributed by atoms with Gasteiger partial charge in [-0.3, -0.25) is 4.79 Å². The van der Waals surface area contributed by atoms with Crippen molar-refractivity contribution >= 4 is 5.97 Å². The molecular weight excluding hydrogens is 766 g/mol. The average Bonchev–Trinajstić information content (AvgIpc) is 3.40. The monoisotopic (exact) mass is 835 g/mol. The fourth-order valence-electron chi connectivity index (χ4n) is 9.38. The minimum atomic E-state index is -1.83. The molecule has 4 N–H and O–H groups in total. The second kappa shape index (κ2) is 17.8. The van der Waals surface area contributed by atoms with Crippen LogP contribution in [-0.4, -0.2) is 143 Å². The number of esters is 1. The van der Waals surface area contributed by atoms with Crippen LogP contribution in [0.3, 0.4) is 0 Å². The predicted molar refractivity (Wildman–Crippen MR) is 197 cm³/mol. The van der Waals surface area contributed by atoms with Gasteiger partial charge in [0.2, 0.25) is 0 Å². The summed E-state index contributed by atoms with van der Waals surface area (Å²) in [6.45, 7) is 22.6. The van der Waals surface area contributed by atoms with Crippen molar-refractivity contribution in [1.29, 1.82) is 0 Å². The van der Waals surface area contributed by atoms with E-state index in [-0.39, 0.29) is 42.0 Å². The third kappa shape index (κ3) is 9.25. The Morgan fingerprint density at radius 3 is 2.20 bits per heavy atom. The van der Waals surface area contributed by atoms with Crippen LogP contribution in [0.25, 0.3) is 0 Å². The van der Waals surface area contributed by atoms with Crippen molar-refractivity contribution in [2.24, 2.45) is 17.8 Å². The molecule has 0 aromatic carbocycles. The minimum Gasteiger partial charge on any atom is -1.00 e. The molecule has 0 aromatic heterocycles. The van der Waals surface area contributed by atoms with E-state index in [9.17, 15) is 25.2 Å². The molecule has 314 valence electrons. The van der Waals surface area contributed by atoms with E-state index in [0.717, 1.165) is 5.57 Å². The largest absolute Gasteiger partial charge is 1.00 e. The van der Waals surface area contributed by atoms with Gasteiger partial charge in [0.25, 0.3) is 0 Å². The normalized spacial score (nSPS) is 46.6. The van der Waals surface area contributed by atoms with Crippen molar-refractivity contribution in [3.8, 4) is 0 Å². The molecule has 17 atom stereocenters. The van der Waals surface area contributed by atoms with Gasteiger partial charge in [-0.15, -0.1) is 0 Å². The van der Waals surface area contributed by atoms with Crippen molar-refractivity contribution in [2.45, 2.75) is 179 Å². The molecular formula is C40H70BrNO12. The van der Waals surface area contributed by atoms with Crippen LogP contribution < -0.4 is 17.0 Å². The van der Waals surface area contributed by atoms with Crippen molar-refractivity contribution in [3.05, 3.63) is 24.0 Å². The maximum Gasteiger partial charge on any atom is 0.311 e. The van der Waals surface area contributed by atoms with Gasteiger partial charge in [0.15, 0.2) is 18.7 Å². The molecule has 13 nitrogen and oxygen atoms in total. The summed E-state index contributed by atoms with van der Waals surface area (Å²) < 4.78 is 45.5. The van der Waals surface area contributed by atoms with Gasteiger partial charge in [-0.05, 0) is 66.5 Å². The van der Waals surface area contributed by atoms with E-state index >= 15 is 0 Å². The first-order chi connectivity index (χ1) is 24.5. The Bertz CT molecular complexity index is 1330. The Morgan fingerprint density at radius 2 is 1.63 bits per heavy atom. The van der Waals surface area contributed by atoms with Gasteiger partial charge in [-0.25, -0.2) is 0 Å². The second-order valence-corrected chi connectivity index (χ2v) is 17.6. The van der Waals surface area contributed by atoms with Crippen LogP contribution in [0.15, 0.2) is 24.0 Å². The number of halogens is 1. The molecule has 2 bridgehead atoms. The topological polar surface area (TPSA) is 163 Å². The molecule has 0 amide bonds. The van der Waals surface area contributed by atoms with Crippen molar-refractivity contribution < 1.29 is 79.8 Å². The lowest BCUT2D eigenvalue weighted by molar-refractivity contribution is -0.916. The summed E-state index contributed by atoms with van der Waals surface area (Å²) >= 11 is 0. The van der Waals surface area contributed by atoms with Crippen LogP contribution in [0.1, 0.15) is 94.9 Å². The molecule has 4 unspecified atom stereocenters. The molecule has 0 saturated carbocycles. The number of carbonyl (C=O) groups excluding carboxylic acids is 1. The first-order valence-corrected chi connectivity index (χ1v) is 19.4. The highest BCUT2D eigenvalue weighted by Crippen LogP contribution is 2.47. The summed E-state index contributed by atoms with van der Waals surface area (Å²) in [5.41, 5.74) is -3.04. The Morgan fingerprint density at radius 1 is 1.00 bits per heavy atom. The lowest BCUT2D eigenvalue weighted by atomic mass is 9.78. The number of methoxy groups -OCH3 is 1. The molecule has 4 aliphatic heterocycles. The number of hydrogen-bond acceptors (Lipinski definition) is 12. The third-order valence-electron chi connectivity index (χ3n) is 12.8. The number of carbonyl (C=O) groups is 1. The van der Waals surface area contributed by atoms with E-state index < -0.39 is 95.8 Å². The Hall–Kier alpha value is -1.17. The van der Waals surface area contributed by atoms with E-state index in [1.54, 1.807) is 34.6 Å². The van der Waals surface area contributed by atoms with E-state index in [1.165, 1.54) is 14.0 Å². The van der Waals surface area contributed by atoms with Crippen LogP contribution >= 0.6 is 0 Å². The van der Waals surface area contributed by atoms with Crippen LogP contribution in [0.4, 0.5) is 0 Å². The quantitative estimate of drug-likeness (QED) is 0.146. The summed E-state index contributed by atoms with van der Waals surface area (Å²) in [6, 6.07) is -0.237. The zero-order chi connectivity index (χ0) is 40.0. The number of likely N-dealkylation sites (N-methyl/N-ethyl adjacent to an activating group) is 1. The SMILES string of the molecule is C=CC[N+](C)(C)[C@@H]1C[C@@H](C)O[C@@H](O[C@@H]2C(C)C(O[C@H]3C[C@@](C)(OC)[C@@H](O)[C@@H](C)O3)C(C)C(=O)OC(CC)[C@@](C)(O)[C@H](O)[C@@H](C)C3=C(C)C[C@]2(C)O3)[C@@H]1O.[Br-]. The summed E-state index contributed by atoms with van der Waals surface area (Å²) in [5, 5.41) is 46.4. The molecule has 0 spiro atoms. The maximum atomic E-state index is 14.2. The third-order valence-corrected chi connectivity index (χ3v) is 12.8. The highest BCUT2D eigenvalue weighted by Gasteiger charge is 2.57. The Labute approximate surface area is 333 Å². The Balaban J connectivity index is 0.00000784. The van der Waals surface area contributed by atoms with Crippen molar-refractivity contribution in [1.82, 2.24) is 0 Å². The standard InChI is InChI=1S/C40H70NO12.BrH/c1-15-17-41(12,13)27-18-22(4)48-37(30(27)42)52-35-24(6)32(51-29-20-38(9,47-14)34(44)26(8)49-29)25(7)36(45)50-28(16-2)40(11,46)33(43)23(5)31-21(3)19-39(35,10)53-31;/h15,22-30,32-35,37,42-44,46H,1,16-20H2,2-14H3;1H/q+1;/p-1/t22-,23+,24?,25?,26-,27-,28?,29+,30-,32?,33-,34+,35-,37+,38-,39+,40-;/m1./s1. The van der Waals surface area contributed by atoms with Crippen LogP contribution in [-0.2, 0) is 38.0 Å². The molecule has 3 saturated heterocycles. The highest BCUT2D eigenvalue weighted by molar-refractivity contribution is 5.73. The van der Waals surface area contributed by atoms with Crippen LogP contribution in [0.2, 0.25) is 0 Å². The smallest absolute Gasteiger partial charge is 0.311 e. The fraction of sp³-hybridized carbons (Fsp3) is 0.875. The van der Waals surface area contributed by atoms with E-state index in [2.05, 4.69) is 6.58 Å². The summed E-state index contributed by atoms with van der Waals surface area (Å²) in [4.78, 5) is 14.2. The molecule has 14 heteroatoms. The summed E-state index contributed by atoms with van der Waals surface area (Å²) in [7, 11) is 5.62. The fourth-order valence-corrected chi connectivity index (χ4v) is 9.38. The zero-order valence-electron chi connectivity index (χ0n) is 34.8. The van der Waals surface area contributed by atoms with Crippen LogP contribution in [0, 0.1) is 17.8 Å². The molecule has 4 aliphatic rings. The lowest BCUT2D eigenvalue weighted by Gasteiger charge is -2.49. The number of quaternary nitrogens is 1. The van der Waals surface area contributed by atoms with Crippen molar-refractivity contribution in [3.63, 3.8) is 0 Å². The van der Waals surface area contributed by atoms with Crippen LogP contribution in [0.5, 0.6) is 0 Å². The van der Waals surface area contributed by atoms with Gasteiger partial charge >= 0.3 is 5.97 Å². The number of ether oxygens (including phenoxy) is 7. The van der Waals surface area contributed by atoms with Crippen molar-refractivity contribution in [2.75, 3.05) is 27.7 Å². The van der Waals surface area contributed by atoms with Gasteiger partial charge in [0, 0.05) is 38.2 Å². The molecule has 0 radical (unpaired) electrons. The highest BCUT2D eigenvalue weighted by atomic mass is 79.9. The summed E-state index contributed by atoms with van der Waals surface area (Å²) in [5.74, 6) is -2.36. The van der Waals surface area contributed by atoms with Gasteiger partial charge in [0.05, 0.1) is 56.6 Å². The molecule has 54 heavy (non-hydrogen) atoms. The van der Waals surface area contributed by atoms with E-state index in [4.69, 9.17) is 33.2 Å². The number of fused-ring (bicyclic) bond motifs is 2. The van der Waals surface area contributed by atoms with E-state index in [0.29, 0.717) is 29.6 Å². The zero-order valence-corrected chi connectivity index (χ0v) is 36.4. The van der Waals surface area contributed by atoms with Gasteiger partial charge in [-0.1, -0.05) is 27.4 Å². The number of hydrogen-bond donors (Lipinski definition) is 4. The first-order valence-electron chi connectivity index (χ1n) is 19.4. The Kier molecular flexibility index (Phi) is 15.5. The second-order valence-electron chi connectivity index (χ2n) is 17.6. The number of rotatable bonds is 9. The minimum absolute atomic E-state index is 0. The first kappa shape index (κ1) is 47.2. The predicted octanol–water partition coefficient (Wildman–Crippen LogP) is 0.597. The molecule has 0 aromatic rings.